The zero-order valence-electron chi connectivity index (χ0n) is 12.2. The fraction of sp³-hybridized carbons (Fsp3) is 0.400. The normalized spacial score (nSPS) is 15.2. The van der Waals surface area contributed by atoms with Gasteiger partial charge in [-0.25, -0.2) is 9.59 Å². The van der Waals surface area contributed by atoms with Gasteiger partial charge in [0.25, 0.3) is 0 Å². The number of hydrogen-bond donors (Lipinski definition) is 2. The molecule has 1 aromatic carbocycles. The molecule has 0 aromatic heterocycles. The van der Waals surface area contributed by atoms with Gasteiger partial charge in [-0.1, -0.05) is 30.3 Å². The van der Waals surface area contributed by atoms with Crippen molar-refractivity contribution in [1.29, 1.82) is 0 Å². The van der Waals surface area contributed by atoms with Crippen LogP contribution in [0.5, 0.6) is 0 Å². The molecule has 3 N–H and O–H groups in total. The first-order chi connectivity index (χ1) is 10.6. The number of nitrogens with one attached hydrogen (secondary N) is 1. The second kappa shape index (κ2) is 7.44. The third-order valence-corrected chi connectivity index (χ3v) is 3.58. The van der Waals surface area contributed by atoms with Gasteiger partial charge >= 0.3 is 12.1 Å². The van der Waals surface area contributed by atoms with Crippen LogP contribution in [0.4, 0.5) is 9.59 Å². The van der Waals surface area contributed by atoms with E-state index < -0.39 is 12.1 Å². The minimum atomic E-state index is -0.852. The van der Waals surface area contributed by atoms with E-state index in [1.54, 1.807) is 4.90 Å². The molecule has 2 rings (SSSR count). The van der Waals surface area contributed by atoms with E-state index in [0.717, 1.165) is 5.56 Å². The van der Waals surface area contributed by atoms with Gasteiger partial charge in [0.15, 0.2) is 0 Å². The molecule has 1 aromatic rings. The molecule has 1 heterocycles. The van der Waals surface area contributed by atoms with Crippen LogP contribution in [0.2, 0.25) is 0 Å². The number of rotatable bonds is 3. The summed E-state index contributed by atoms with van der Waals surface area (Å²) in [5, 5.41) is 2.07. The van der Waals surface area contributed by atoms with Gasteiger partial charge in [-0.15, -0.1) is 0 Å². The summed E-state index contributed by atoms with van der Waals surface area (Å²) < 4.78 is 5.24. The Kier molecular flexibility index (Phi) is 5.35. The van der Waals surface area contributed by atoms with Crippen LogP contribution in [0.15, 0.2) is 30.3 Å². The van der Waals surface area contributed by atoms with Gasteiger partial charge in [-0.2, -0.15) is 0 Å². The van der Waals surface area contributed by atoms with Crippen molar-refractivity contribution in [2.45, 2.75) is 19.4 Å². The van der Waals surface area contributed by atoms with Crippen molar-refractivity contribution in [3.63, 3.8) is 0 Å². The molecule has 1 aliphatic rings. The molecule has 0 spiro atoms. The van der Waals surface area contributed by atoms with Crippen molar-refractivity contribution in [3.05, 3.63) is 35.9 Å². The number of urea groups is 1. The highest BCUT2D eigenvalue weighted by molar-refractivity contribution is 5.94. The Balaban J connectivity index is 1.75. The number of primary amides is 1. The van der Waals surface area contributed by atoms with Gasteiger partial charge in [0.1, 0.15) is 6.61 Å². The number of nitrogens with zero attached hydrogens (tertiary/aromatic N) is 1. The van der Waals surface area contributed by atoms with E-state index in [2.05, 4.69) is 5.32 Å². The van der Waals surface area contributed by atoms with Crippen LogP contribution < -0.4 is 11.1 Å². The van der Waals surface area contributed by atoms with E-state index in [9.17, 15) is 14.4 Å². The van der Waals surface area contributed by atoms with Crippen molar-refractivity contribution in [3.8, 4) is 0 Å². The van der Waals surface area contributed by atoms with Crippen LogP contribution in [0.3, 0.4) is 0 Å². The van der Waals surface area contributed by atoms with Crippen LogP contribution in [0.1, 0.15) is 18.4 Å². The fourth-order valence-corrected chi connectivity index (χ4v) is 2.36. The number of amides is 4. The molecular weight excluding hydrogens is 286 g/mol. The number of carbonyl (C=O) groups excluding carboxylic acids is 3. The third-order valence-electron chi connectivity index (χ3n) is 3.58. The van der Waals surface area contributed by atoms with Gasteiger partial charge in [-0.05, 0) is 18.4 Å². The molecule has 118 valence electrons. The topological polar surface area (TPSA) is 102 Å². The molecule has 4 amide bonds. The second-order valence-electron chi connectivity index (χ2n) is 5.16. The van der Waals surface area contributed by atoms with Gasteiger partial charge in [0.05, 0.1) is 0 Å². The number of nitrogens with two attached hydrogens (primary N) is 1. The van der Waals surface area contributed by atoms with Gasteiger partial charge in [-0.3, -0.25) is 10.1 Å². The van der Waals surface area contributed by atoms with Crippen LogP contribution in [-0.4, -0.2) is 36.0 Å². The average molecular weight is 305 g/mol. The minimum absolute atomic E-state index is 0.224. The summed E-state index contributed by atoms with van der Waals surface area (Å²) in [5.41, 5.74) is 5.84. The molecule has 1 aliphatic heterocycles. The molecular formula is C15H19N3O4. The Labute approximate surface area is 128 Å². The Bertz CT molecular complexity index is 539. The molecule has 0 aliphatic carbocycles. The summed E-state index contributed by atoms with van der Waals surface area (Å²) in [6, 6.07) is 8.57. The van der Waals surface area contributed by atoms with Crippen molar-refractivity contribution in [1.82, 2.24) is 10.2 Å². The lowest BCUT2D eigenvalue weighted by Crippen LogP contribution is -2.45. The highest BCUT2D eigenvalue weighted by Crippen LogP contribution is 2.18. The summed E-state index contributed by atoms with van der Waals surface area (Å²) >= 11 is 0. The van der Waals surface area contributed by atoms with E-state index in [1.807, 2.05) is 30.3 Å². The first kappa shape index (κ1) is 15.8. The number of carbonyl (C=O) groups is 3. The smallest absolute Gasteiger partial charge is 0.410 e. The van der Waals surface area contributed by atoms with Crippen molar-refractivity contribution in [2.24, 2.45) is 11.7 Å². The lowest BCUT2D eigenvalue weighted by Gasteiger charge is -2.30. The molecule has 1 saturated heterocycles. The highest BCUT2D eigenvalue weighted by atomic mass is 16.6. The van der Waals surface area contributed by atoms with E-state index in [-0.39, 0.29) is 18.4 Å². The largest absolute Gasteiger partial charge is 0.445 e. The van der Waals surface area contributed by atoms with E-state index in [0.29, 0.717) is 25.9 Å². The molecule has 7 heteroatoms. The lowest BCUT2D eigenvalue weighted by atomic mass is 9.96. The van der Waals surface area contributed by atoms with Crippen LogP contribution >= 0.6 is 0 Å². The van der Waals surface area contributed by atoms with E-state index in [4.69, 9.17) is 10.5 Å². The zero-order valence-corrected chi connectivity index (χ0v) is 12.2. The first-order valence-electron chi connectivity index (χ1n) is 7.12. The van der Waals surface area contributed by atoms with Gasteiger partial charge < -0.3 is 15.4 Å². The Hall–Kier alpha value is -2.57. The maximum atomic E-state index is 12.0. The molecule has 22 heavy (non-hydrogen) atoms. The Morgan fingerprint density at radius 2 is 1.82 bits per heavy atom. The average Bonchev–Trinajstić information content (AvgIpc) is 2.53. The monoisotopic (exact) mass is 305 g/mol. The number of piperidine rings is 1. The Morgan fingerprint density at radius 3 is 2.41 bits per heavy atom. The molecule has 0 atom stereocenters. The molecule has 0 saturated carbocycles. The van der Waals surface area contributed by atoms with Gasteiger partial charge in [0, 0.05) is 19.0 Å². The summed E-state index contributed by atoms with van der Waals surface area (Å²) in [6.45, 7) is 1.07. The van der Waals surface area contributed by atoms with Crippen LogP contribution in [-0.2, 0) is 16.1 Å². The lowest BCUT2D eigenvalue weighted by molar-refractivity contribution is -0.125. The maximum absolute atomic E-state index is 12.0. The number of benzene rings is 1. The third kappa shape index (κ3) is 4.47. The highest BCUT2D eigenvalue weighted by Gasteiger charge is 2.28. The van der Waals surface area contributed by atoms with Crippen LogP contribution in [0, 0.1) is 5.92 Å². The summed E-state index contributed by atoms with van der Waals surface area (Å²) in [6.07, 6.45) is 0.580. The number of imide groups is 1. The summed E-state index contributed by atoms with van der Waals surface area (Å²) in [5.74, 6) is -0.685. The predicted octanol–water partition coefficient (Wildman–Crippen LogP) is 1.23. The molecule has 1 fully saturated rings. The minimum Gasteiger partial charge on any atom is -0.445 e. The summed E-state index contributed by atoms with van der Waals surface area (Å²) in [7, 11) is 0. The standard InChI is InChI=1S/C15H19N3O4/c16-14(20)17-13(19)12-6-8-18(9-7-12)15(21)22-10-11-4-2-1-3-5-11/h1-5,12H,6-10H2,(H3,16,17,19,20). The SMILES string of the molecule is NC(=O)NC(=O)C1CCN(C(=O)OCc2ccccc2)CC1. The molecule has 7 nitrogen and oxygen atoms in total. The maximum Gasteiger partial charge on any atom is 0.410 e. The van der Waals surface area contributed by atoms with E-state index >= 15 is 0 Å². The van der Waals surface area contributed by atoms with Crippen molar-refractivity contribution >= 4 is 18.0 Å². The first-order valence-corrected chi connectivity index (χ1v) is 7.12. The Morgan fingerprint density at radius 1 is 1.18 bits per heavy atom. The number of hydrogen-bond acceptors (Lipinski definition) is 4. The summed E-state index contributed by atoms with van der Waals surface area (Å²) in [4.78, 5) is 35.8. The zero-order chi connectivity index (χ0) is 15.9. The molecule has 0 unspecified atom stereocenters. The quantitative estimate of drug-likeness (QED) is 0.876. The number of likely N-dealkylation sites (tertiary alicyclic amines) is 1. The molecule has 0 radical (unpaired) electrons. The molecule has 0 bridgehead atoms. The van der Waals surface area contributed by atoms with Crippen molar-refractivity contribution < 1.29 is 19.1 Å². The predicted molar refractivity (Wildman–Crippen MR) is 78.7 cm³/mol. The number of ether oxygens (including phenoxy) is 1. The van der Waals surface area contributed by atoms with Crippen molar-refractivity contribution in [2.75, 3.05) is 13.1 Å². The van der Waals surface area contributed by atoms with Crippen LogP contribution in [0.25, 0.3) is 0 Å². The second-order valence-corrected chi connectivity index (χ2v) is 5.16. The fourth-order valence-electron chi connectivity index (χ4n) is 2.36. The van der Waals surface area contributed by atoms with Gasteiger partial charge in [0.2, 0.25) is 5.91 Å². The van der Waals surface area contributed by atoms with E-state index in [1.165, 1.54) is 0 Å².